The lowest BCUT2D eigenvalue weighted by atomic mass is 10.1. The Morgan fingerprint density at radius 2 is 1.85 bits per heavy atom. The molecule has 1 aromatic heterocycles. The van der Waals surface area contributed by atoms with Crippen molar-refractivity contribution >= 4 is 17.3 Å². The molecule has 0 aliphatic carbocycles. The summed E-state index contributed by atoms with van der Waals surface area (Å²) < 4.78 is 5.20. The Hall–Kier alpha value is -3.34. The van der Waals surface area contributed by atoms with Gasteiger partial charge < -0.3 is 15.4 Å². The number of hydrogen-bond donors (Lipinski definition) is 2. The van der Waals surface area contributed by atoms with Crippen LogP contribution in [0.1, 0.15) is 16.1 Å². The second-order valence-electron chi connectivity index (χ2n) is 5.78. The maximum Gasteiger partial charge on any atom is 0.269 e. The van der Waals surface area contributed by atoms with E-state index >= 15 is 0 Å². The number of benzene rings is 2. The average molecular weight is 347 g/mol. The first-order valence-corrected chi connectivity index (χ1v) is 8.44. The Labute approximate surface area is 153 Å². The third kappa shape index (κ3) is 4.83. The summed E-state index contributed by atoms with van der Waals surface area (Å²) in [5.41, 5.74) is 3.29. The first-order chi connectivity index (χ1) is 12.7. The molecule has 5 nitrogen and oxygen atoms in total. The number of hydrogen-bond acceptors (Lipinski definition) is 4. The van der Waals surface area contributed by atoms with Crippen LogP contribution in [0.3, 0.4) is 0 Å². The van der Waals surface area contributed by atoms with E-state index < -0.39 is 0 Å². The van der Waals surface area contributed by atoms with Crippen molar-refractivity contribution in [1.82, 2.24) is 10.3 Å². The highest BCUT2D eigenvalue weighted by Gasteiger charge is 2.07. The van der Waals surface area contributed by atoms with Crippen LogP contribution < -0.4 is 15.4 Å². The monoisotopic (exact) mass is 347 g/mol. The molecule has 2 aromatic carbocycles. The third-order valence-electron chi connectivity index (χ3n) is 3.90. The Balaban J connectivity index is 1.54. The molecule has 5 heteroatoms. The zero-order valence-corrected chi connectivity index (χ0v) is 14.6. The van der Waals surface area contributed by atoms with Crippen molar-refractivity contribution in [2.75, 3.05) is 19.0 Å². The number of anilines is 2. The Bertz CT molecular complexity index is 849. The number of ether oxygens (including phenoxy) is 1. The molecule has 3 rings (SSSR count). The summed E-state index contributed by atoms with van der Waals surface area (Å²) in [6, 6.07) is 21.2. The molecule has 0 atom stereocenters. The van der Waals surface area contributed by atoms with Crippen molar-refractivity contribution in [3.05, 3.63) is 84.2 Å². The maximum absolute atomic E-state index is 12.2. The summed E-state index contributed by atoms with van der Waals surface area (Å²) in [5.74, 6) is 0.603. The van der Waals surface area contributed by atoms with Gasteiger partial charge in [0.25, 0.3) is 5.91 Å². The number of amides is 1. The van der Waals surface area contributed by atoms with Crippen molar-refractivity contribution < 1.29 is 9.53 Å². The number of nitrogens with one attached hydrogen (secondary N) is 2. The SMILES string of the molecule is COc1cccc(Nc2ccc(C(=O)NCCc3ccccc3)nc2)c1. The fourth-order valence-electron chi connectivity index (χ4n) is 2.53. The van der Waals surface area contributed by atoms with Gasteiger partial charge in [0.15, 0.2) is 0 Å². The van der Waals surface area contributed by atoms with Crippen LogP contribution >= 0.6 is 0 Å². The molecular formula is C21H21N3O2. The molecule has 1 amide bonds. The van der Waals surface area contributed by atoms with E-state index in [0.717, 1.165) is 23.5 Å². The van der Waals surface area contributed by atoms with Gasteiger partial charge in [0, 0.05) is 18.3 Å². The van der Waals surface area contributed by atoms with Crippen molar-refractivity contribution in [2.24, 2.45) is 0 Å². The lowest BCUT2D eigenvalue weighted by molar-refractivity contribution is 0.0949. The minimum atomic E-state index is -0.172. The predicted molar refractivity (Wildman–Crippen MR) is 103 cm³/mol. The van der Waals surface area contributed by atoms with Crippen LogP contribution in [0, 0.1) is 0 Å². The summed E-state index contributed by atoms with van der Waals surface area (Å²) in [6.07, 6.45) is 2.44. The largest absolute Gasteiger partial charge is 0.497 e. The predicted octanol–water partition coefficient (Wildman–Crippen LogP) is 3.81. The summed E-state index contributed by atoms with van der Waals surface area (Å²) in [4.78, 5) is 16.4. The van der Waals surface area contributed by atoms with E-state index in [9.17, 15) is 4.79 Å². The molecule has 0 fully saturated rings. The van der Waals surface area contributed by atoms with Crippen LogP contribution in [0.4, 0.5) is 11.4 Å². The molecule has 132 valence electrons. The second-order valence-corrected chi connectivity index (χ2v) is 5.78. The van der Waals surface area contributed by atoms with E-state index in [4.69, 9.17) is 4.74 Å². The molecule has 1 heterocycles. The number of rotatable bonds is 7. The van der Waals surface area contributed by atoms with Crippen LogP contribution in [0.2, 0.25) is 0 Å². The van der Waals surface area contributed by atoms with Crippen LogP contribution in [0.15, 0.2) is 72.9 Å². The lowest BCUT2D eigenvalue weighted by Gasteiger charge is -2.09. The van der Waals surface area contributed by atoms with Crippen LogP contribution in [0.25, 0.3) is 0 Å². The molecule has 0 spiro atoms. The van der Waals surface area contributed by atoms with E-state index in [2.05, 4.69) is 15.6 Å². The molecule has 26 heavy (non-hydrogen) atoms. The van der Waals surface area contributed by atoms with Gasteiger partial charge in [0.05, 0.1) is 19.0 Å². The van der Waals surface area contributed by atoms with Gasteiger partial charge in [0.1, 0.15) is 11.4 Å². The maximum atomic E-state index is 12.2. The minimum Gasteiger partial charge on any atom is -0.497 e. The summed E-state index contributed by atoms with van der Waals surface area (Å²) in [6.45, 7) is 0.578. The lowest BCUT2D eigenvalue weighted by Crippen LogP contribution is -2.26. The van der Waals surface area contributed by atoms with Gasteiger partial charge in [-0.2, -0.15) is 0 Å². The highest BCUT2D eigenvalue weighted by molar-refractivity contribution is 5.92. The number of aromatic nitrogens is 1. The smallest absolute Gasteiger partial charge is 0.269 e. The summed E-state index contributed by atoms with van der Waals surface area (Å²) >= 11 is 0. The molecular weight excluding hydrogens is 326 g/mol. The Morgan fingerprint density at radius 3 is 2.58 bits per heavy atom. The fourth-order valence-corrected chi connectivity index (χ4v) is 2.53. The summed E-state index contributed by atoms with van der Waals surface area (Å²) in [7, 11) is 1.63. The van der Waals surface area contributed by atoms with E-state index in [1.807, 2.05) is 60.7 Å². The molecule has 2 N–H and O–H groups in total. The zero-order chi connectivity index (χ0) is 18.2. The molecule has 0 saturated heterocycles. The number of carbonyl (C=O) groups is 1. The van der Waals surface area contributed by atoms with E-state index in [-0.39, 0.29) is 5.91 Å². The van der Waals surface area contributed by atoms with Gasteiger partial charge >= 0.3 is 0 Å². The molecule has 0 radical (unpaired) electrons. The fraction of sp³-hybridized carbons (Fsp3) is 0.143. The number of methoxy groups -OCH3 is 1. The van der Waals surface area contributed by atoms with Gasteiger partial charge in [-0.3, -0.25) is 4.79 Å². The average Bonchev–Trinajstić information content (AvgIpc) is 2.69. The van der Waals surface area contributed by atoms with Crippen molar-refractivity contribution in [2.45, 2.75) is 6.42 Å². The number of carbonyl (C=O) groups excluding carboxylic acids is 1. The molecule has 0 aliphatic rings. The van der Waals surface area contributed by atoms with E-state index in [1.54, 1.807) is 19.4 Å². The molecule has 0 aliphatic heterocycles. The van der Waals surface area contributed by atoms with Crippen molar-refractivity contribution in [3.63, 3.8) is 0 Å². The van der Waals surface area contributed by atoms with Gasteiger partial charge in [-0.25, -0.2) is 4.98 Å². The molecule has 0 saturated carbocycles. The quantitative estimate of drug-likeness (QED) is 0.682. The van der Waals surface area contributed by atoms with Crippen molar-refractivity contribution in [3.8, 4) is 5.75 Å². The van der Waals surface area contributed by atoms with Crippen LogP contribution in [-0.4, -0.2) is 24.5 Å². The Morgan fingerprint density at radius 1 is 1.00 bits per heavy atom. The zero-order valence-electron chi connectivity index (χ0n) is 14.6. The van der Waals surface area contributed by atoms with Crippen molar-refractivity contribution in [1.29, 1.82) is 0 Å². The molecule has 0 unspecified atom stereocenters. The third-order valence-corrected chi connectivity index (χ3v) is 3.90. The first-order valence-electron chi connectivity index (χ1n) is 8.44. The van der Waals surface area contributed by atoms with Gasteiger partial charge in [-0.15, -0.1) is 0 Å². The van der Waals surface area contributed by atoms with Crippen LogP contribution in [0.5, 0.6) is 5.75 Å². The first kappa shape index (κ1) is 17.5. The van der Waals surface area contributed by atoms with Crippen LogP contribution in [-0.2, 0) is 6.42 Å². The van der Waals surface area contributed by atoms with E-state index in [0.29, 0.717) is 12.2 Å². The van der Waals surface area contributed by atoms with Gasteiger partial charge in [0.2, 0.25) is 0 Å². The molecule has 3 aromatic rings. The Kier molecular flexibility index (Phi) is 5.83. The minimum absolute atomic E-state index is 0.172. The summed E-state index contributed by atoms with van der Waals surface area (Å²) in [5, 5.41) is 6.13. The normalized spacial score (nSPS) is 10.2. The van der Waals surface area contributed by atoms with E-state index in [1.165, 1.54) is 5.56 Å². The number of pyridine rings is 1. The van der Waals surface area contributed by atoms with Gasteiger partial charge in [-0.1, -0.05) is 36.4 Å². The molecule has 0 bridgehead atoms. The topological polar surface area (TPSA) is 63.2 Å². The highest BCUT2D eigenvalue weighted by atomic mass is 16.5. The standard InChI is InChI=1S/C21H21N3O2/c1-26-19-9-5-8-17(14-19)24-18-10-11-20(23-15-18)21(25)22-13-12-16-6-3-2-4-7-16/h2-11,14-15,24H,12-13H2,1H3,(H,22,25). The second kappa shape index (κ2) is 8.67. The highest BCUT2D eigenvalue weighted by Crippen LogP contribution is 2.20. The number of nitrogens with zero attached hydrogens (tertiary/aromatic N) is 1. The van der Waals surface area contributed by atoms with Gasteiger partial charge in [-0.05, 0) is 36.2 Å².